The number of imide groups is 1. The average molecular weight is 304 g/mol. The molecule has 2 rings (SSSR count). The van der Waals surface area contributed by atoms with E-state index in [-0.39, 0.29) is 18.9 Å². The number of likely N-dealkylation sites (tertiary alicyclic amines) is 1. The SMILES string of the molecule is CC(C)(C)C1(OC(N)=O)CC(=O)N(Cc2ccccc2)C1=O. The Labute approximate surface area is 129 Å². The zero-order valence-electron chi connectivity index (χ0n) is 13.0. The van der Waals surface area contributed by atoms with Gasteiger partial charge in [-0.05, 0) is 5.56 Å². The van der Waals surface area contributed by atoms with Crippen LogP contribution in [0.2, 0.25) is 0 Å². The molecule has 3 amide bonds. The van der Waals surface area contributed by atoms with Gasteiger partial charge in [-0.25, -0.2) is 4.79 Å². The highest BCUT2D eigenvalue weighted by molar-refractivity contribution is 6.08. The predicted octanol–water partition coefficient (Wildman–Crippen LogP) is 1.83. The molecule has 1 aromatic rings. The van der Waals surface area contributed by atoms with Crippen molar-refractivity contribution < 1.29 is 19.1 Å². The number of amides is 3. The van der Waals surface area contributed by atoms with Crippen molar-refractivity contribution in [3.63, 3.8) is 0 Å². The fraction of sp³-hybridized carbons (Fsp3) is 0.438. The number of benzene rings is 1. The van der Waals surface area contributed by atoms with E-state index >= 15 is 0 Å². The third-order valence-electron chi connectivity index (χ3n) is 3.96. The second-order valence-corrected chi connectivity index (χ2v) is 6.45. The van der Waals surface area contributed by atoms with Crippen molar-refractivity contribution in [2.45, 2.75) is 39.3 Å². The Morgan fingerprint density at radius 3 is 2.36 bits per heavy atom. The van der Waals surface area contributed by atoms with E-state index in [2.05, 4.69) is 0 Å². The van der Waals surface area contributed by atoms with Crippen LogP contribution in [0.4, 0.5) is 4.79 Å². The normalized spacial score (nSPS) is 22.0. The van der Waals surface area contributed by atoms with Crippen LogP contribution in [0.15, 0.2) is 30.3 Å². The van der Waals surface area contributed by atoms with Gasteiger partial charge >= 0.3 is 6.09 Å². The molecule has 0 saturated carbocycles. The van der Waals surface area contributed by atoms with Gasteiger partial charge in [0.05, 0.1) is 13.0 Å². The molecule has 6 heteroatoms. The van der Waals surface area contributed by atoms with Crippen LogP contribution < -0.4 is 5.73 Å². The van der Waals surface area contributed by atoms with Gasteiger partial charge in [-0.1, -0.05) is 51.1 Å². The molecule has 0 spiro atoms. The van der Waals surface area contributed by atoms with E-state index in [1.165, 1.54) is 0 Å². The number of hydrogen-bond acceptors (Lipinski definition) is 4. The summed E-state index contributed by atoms with van der Waals surface area (Å²) < 4.78 is 5.14. The molecule has 1 aliphatic heterocycles. The summed E-state index contributed by atoms with van der Waals surface area (Å²) in [6, 6.07) is 9.17. The molecule has 0 radical (unpaired) electrons. The molecule has 1 heterocycles. The van der Waals surface area contributed by atoms with Gasteiger partial charge in [0.1, 0.15) is 0 Å². The van der Waals surface area contributed by atoms with Gasteiger partial charge in [0.15, 0.2) is 0 Å². The predicted molar refractivity (Wildman–Crippen MR) is 79.5 cm³/mol. The van der Waals surface area contributed by atoms with E-state index < -0.39 is 23.0 Å². The van der Waals surface area contributed by atoms with Crippen LogP contribution in [0.3, 0.4) is 0 Å². The highest BCUT2D eigenvalue weighted by Crippen LogP contribution is 2.43. The summed E-state index contributed by atoms with van der Waals surface area (Å²) in [5.41, 5.74) is 3.64. The van der Waals surface area contributed by atoms with Gasteiger partial charge in [0, 0.05) is 5.41 Å². The smallest absolute Gasteiger partial charge is 0.405 e. The molecule has 1 aromatic carbocycles. The highest BCUT2D eigenvalue weighted by Gasteiger charge is 2.61. The summed E-state index contributed by atoms with van der Waals surface area (Å²) in [5, 5.41) is 0. The molecule has 6 nitrogen and oxygen atoms in total. The molecular formula is C16H20N2O4. The van der Waals surface area contributed by atoms with Gasteiger partial charge in [0.25, 0.3) is 5.91 Å². The second-order valence-electron chi connectivity index (χ2n) is 6.45. The fourth-order valence-electron chi connectivity index (χ4n) is 2.63. The Kier molecular flexibility index (Phi) is 3.96. The van der Waals surface area contributed by atoms with Gasteiger partial charge < -0.3 is 10.5 Å². The lowest BCUT2D eigenvalue weighted by Gasteiger charge is -2.37. The van der Waals surface area contributed by atoms with Crippen molar-refractivity contribution in [2.24, 2.45) is 11.1 Å². The largest absolute Gasteiger partial charge is 0.432 e. The Morgan fingerprint density at radius 2 is 1.86 bits per heavy atom. The maximum Gasteiger partial charge on any atom is 0.405 e. The molecule has 0 aromatic heterocycles. The number of hydrogen-bond donors (Lipinski definition) is 1. The molecule has 22 heavy (non-hydrogen) atoms. The standard InChI is InChI=1S/C16H20N2O4/c1-15(2,3)16(22-14(17)21)9-12(19)18(13(16)20)10-11-7-5-4-6-8-11/h4-8H,9-10H2,1-3H3,(H2,17,21). The number of carbonyl (C=O) groups excluding carboxylic acids is 3. The number of nitrogens with two attached hydrogens (primary N) is 1. The molecule has 2 N–H and O–H groups in total. The molecule has 0 bridgehead atoms. The van der Waals surface area contributed by atoms with Crippen LogP contribution >= 0.6 is 0 Å². The molecule has 1 fully saturated rings. The first-order valence-electron chi connectivity index (χ1n) is 7.04. The fourth-order valence-corrected chi connectivity index (χ4v) is 2.63. The lowest BCUT2D eigenvalue weighted by atomic mass is 9.75. The first-order chi connectivity index (χ1) is 10.2. The summed E-state index contributed by atoms with van der Waals surface area (Å²) in [7, 11) is 0. The monoisotopic (exact) mass is 304 g/mol. The molecule has 0 aliphatic carbocycles. The van der Waals surface area contributed by atoms with Crippen molar-refractivity contribution in [1.29, 1.82) is 0 Å². The minimum Gasteiger partial charge on any atom is -0.432 e. The van der Waals surface area contributed by atoms with Crippen molar-refractivity contribution in [1.82, 2.24) is 4.90 Å². The van der Waals surface area contributed by atoms with Crippen molar-refractivity contribution in [3.8, 4) is 0 Å². The molecule has 1 saturated heterocycles. The average Bonchev–Trinajstić information content (AvgIpc) is 2.64. The van der Waals surface area contributed by atoms with Crippen molar-refractivity contribution in [2.75, 3.05) is 0 Å². The van der Waals surface area contributed by atoms with Crippen LogP contribution in [0.1, 0.15) is 32.8 Å². The highest BCUT2D eigenvalue weighted by atomic mass is 16.6. The molecule has 118 valence electrons. The summed E-state index contributed by atoms with van der Waals surface area (Å²) in [5.74, 6) is -0.891. The minimum absolute atomic E-state index is 0.151. The zero-order chi connectivity index (χ0) is 16.5. The molecule has 1 unspecified atom stereocenters. The van der Waals surface area contributed by atoms with Gasteiger partial charge in [-0.15, -0.1) is 0 Å². The third kappa shape index (κ3) is 2.68. The van der Waals surface area contributed by atoms with E-state index in [1.54, 1.807) is 20.8 Å². The Morgan fingerprint density at radius 1 is 1.27 bits per heavy atom. The van der Waals surface area contributed by atoms with Crippen LogP contribution in [-0.2, 0) is 20.9 Å². The summed E-state index contributed by atoms with van der Waals surface area (Å²) in [6.45, 7) is 5.38. The third-order valence-corrected chi connectivity index (χ3v) is 3.96. The lowest BCUT2D eigenvalue weighted by Crippen LogP contribution is -2.53. The number of rotatable bonds is 3. The van der Waals surface area contributed by atoms with E-state index in [0.717, 1.165) is 10.5 Å². The van der Waals surface area contributed by atoms with Gasteiger partial charge in [0.2, 0.25) is 11.5 Å². The topological polar surface area (TPSA) is 89.7 Å². The first-order valence-corrected chi connectivity index (χ1v) is 7.04. The van der Waals surface area contributed by atoms with E-state index in [1.807, 2.05) is 30.3 Å². The van der Waals surface area contributed by atoms with Gasteiger partial charge in [-0.2, -0.15) is 0 Å². The van der Waals surface area contributed by atoms with Crippen LogP contribution in [0, 0.1) is 5.41 Å². The Bertz CT molecular complexity index is 606. The summed E-state index contributed by atoms with van der Waals surface area (Å²) >= 11 is 0. The molecule has 1 aliphatic rings. The maximum absolute atomic E-state index is 12.8. The molecule has 1 atom stereocenters. The number of carbonyl (C=O) groups is 3. The quantitative estimate of drug-likeness (QED) is 0.863. The second kappa shape index (κ2) is 5.44. The lowest BCUT2D eigenvalue weighted by molar-refractivity contribution is -0.154. The van der Waals surface area contributed by atoms with E-state index in [0.29, 0.717) is 0 Å². The number of nitrogens with zero attached hydrogens (tertiary/aromatic N) is 1. The van der Waals surface area contributed by atoms with Gasteiger partial charge in [-0.3, -0.25) is 14.5 Å². The Balaban J connectivity index is 2.35. The van der Waals surface area contributed by atoms with Crippen LogP contribution in [0.5, 0.6) is 0 Å². The maximum atomic E-state index is 12.8. The zero-order valence-corrected chi connectivity index (χ0v) is 13.0. The number of ether oxygens (including phenoxy) is 1. The summed E-state index contributed by atoms with van der Waals surface area (Å²) in [6.07, 6.45) is -1.25. The van der Waals surface area contributed by atoms with E-state index in [4.69, 9.17) is 10.5 Å². The van der Waals surface area contributed by atoms with E-state index in [9.17, 15) is 14.4 Å². The molecular weight excluding hydrogens is 284 g/mol. The van der Waals surface area contributed by atoms with Crippen molar-refractivity contribution >= 4 is 17.9 Å². The Hall–Kier alpha value is -2.37. The first kappa shape index (κ1) is 16.0. The number of primary amides is 1. The van der Waals surface area contributed by atoms with Crippen molar-refractivity contribution in [3.05, 3.63) is 35.9 Å². The van der Waals surface area contributed by atoms with Crippen LogP contribution in [-0.4, -0.2) is 28.4 Å². The van der Waals surface area contributed by atoms with Crippen LogP contribution in [0.25, 0.3) is 0 Å². The minimum atomic E-state index is -1.55. The summed E-state index contributed by atoms with van der Waals surface area (Å²) in [4.78, 5) is 37.5.